The Morgan fingerprint density at radius 3 is 3.17 bits per heavy atom. The van der Waals surface area contributed by atoms with Crippen molar-refractivity contribution in [3.8, 4) is 0 Å². The predicted octanol–water partition coefficient (Wildman–Crippen LogP) is 0.919. The number of aryl methyl sites for hydroxylation is 1. The van der Waals surface area contributed by atoms with E-state index in [-0.39, 0.29) is 17.9 Å². The molecule has 1 amide bonds. The zero-order valence-corrected chi connectivity index (χ0v) is 13.7. The van der Waals surface area contributed by atoms with Gasteiger partial charge in [-0.15, -0.1) is 0 Å². The third-order valence-electron chi connectivity index (χ3n) is 5.04. The van der Waals surface area contributed by atoms with Gasteiger partial charge in [0.05, 0.1) is 36.9 Å². The van der Waals surface area contributed by atoms with Crippen LogP contribution in [0.15, 0.2) is 35.3 Å². The van der Waals surface area contributed by atoms with Crippen molar-refractivity contribution in [2.75, 3.05) is 13.2 Å². The number of carbonyl (C=O) groups excluding carboxylic acids is 1. The SMILES string of the molecule is Cn1cncc1CN1C[C@H](C(=O)NCc2ccco2)[C@H]2OCC[C@H]21. The fraction of sp³-hybridized carbons (Fsp3) is 0.529. The third kappa shape index (κ3) is 2.85. The molecule has 1 N–H and O–H groups in total. The highest BCUT2D eigenvalue weighted by atomic mass is 16.5. The number of likely N-dealkylation sites (tertiary alicyclic amines) is 1. The Kier molecular flexibility index (Phi) is 4.12. The van der Waals surface area contributed by atoms with E-state index in [1.54, 1.807) is 6.26 Å². The lowest BCUT2D eigenvalue weighted by atomic mass is 10.0. The zero-order valence-electron chi connectivity index (χ0n) is 13.7. The van der Waals surface area contributed by atoms with Crippen LogP contribution in [0.1, 0.15) is 17.9 Å². The zero-order chi connectivity index (χ0) is 16.5. The largest absolute Gasteiger partial charge is 0.467 e. The predicted molar refractivity (Wildman–Crippen MR) is 85.8 cm³/mol. The summed E-state index contributed by atoms with van der Waals surface area (Å²) >= 11 is 0. The van der Waals surface area contributed by atoms with E-state index in [9.17, 15) is 4.79 Å². The number of furan rings is 1. The fourth-order valence-corrected chi connectivity index (χ4v) is 3.74. The first-order valence-corrected chi connectivity index (χ1v) is 8.33. The van der Waals surface area contributed by atoms with Gasteiger partial charge in [0.2, 0.25) is 5.91 Å². The Morgan fingerprint density at radius 1 is 1.50 bits per heavy atom. The normalized spacial score (nSPS) is 26.6. The molecule has 128 valence electrons. The topological polar surface area (TPSA) is 72.5 Å². The molecule has 2 saturated heterocycles. The number of nitrogens with one attached hydrogen (secondary N) is 1. The Hall–Kier alpha value is -2.12. The molecule has 2 aromatic heterocycles. The van der Waals surface area contributed by atoms with Gasteiger partial charge in [-0.25, -0.2) is 4.98 Å². The lowest BCUT2D eigenvalue weighted by Gasteiger charge is -2.21. The van der Waals surface area contributed by atoms with Crippen LogP contribution in [0.4, 0.5) is 0 Å². The molecule has 4 heterocycles. The van der Waals surface area contributed by atoms with Crippen LogP contribution in [0.3, 0.4) is 0 Å². The maximum Gasteiger partial charge on any atom is 0.227 e. The second kappa shape index (κ2) is 6.41. The van der Waals surface area contributed by atoms with E-state index >= 15 is 0 Å². The van der Waals surface area contributed by atoms with Crippen LogP contribution in [0.2, 0.25) is 0 Å². The van der Waals surface area contributed by atoms with Gasteiger partial charge >= 0.3 is 0 Å². The van der Waals surface area contributed by atoms with Crippen LogP contribution < -0.4 is 5.32 Å². The van der Waals surface area contributed by atoms with E-state index in [1.165, 1.54) is 0 Å². The number of rotatable bonds is 5. The van der Waals surface area contributed by atoms with E-state index in [0.717, 1.165) is 31.0 Å². The summed E-state index contributed by atoms with van der Waals surface area (Å²) in [5, 5.41) is 2.97. The first kappa shape index (κ1) is 15.4. The van der Waals surface area contributed by atoms with Crippen molar-refractivity contribution in [1.82, 2.24) is 19.8 Å². The Bertz CT molecular complexity index is 697. The van der Waals surface area contributed by atoms with Gasteiger partial charge in [0.25, 0.3) is 0 Å². The monoisotopic (exact) mass is 330 g/mol. The van der Waals surface area contributed by atoms with Crippen molar-refractivity contribution in [3.05, 3.63) is 42.4 Å². The number of carbonyl (C=O) groups is 1. The number of amides is 1. The quantitative estimate of drug-likeness (QED) is 0.882. The Balaban J connectivity index is 1.42. The number of fused-ring (bicyclic) bond motifs is 1. The fourth-order valence-electron chi connectivity index (χ4n) is 3.74. The third-order valence-corrected chi connectivity index (χ3v) is 5.04. The molecule has 7 nitrogen and oxygen atoms in total. The van der Waals surface area contributed by atoms with Gasteiger partial charge in [-0.3, -0.25) is 9.69 Å². The summed E-state index contributed by atoms with van der Waals surface area (Å²) in [6.07, 6.45) is 6.26. The highest BCUT2D eigenvalue weighted by molar-refractivity contribution is 5.80. The molecule has 2 aliphatic heterocycles. The molecule has 2 aromatic rings. The van der Waals surface area contributed by atoms with E-state index in [1.807, 2.05) is 36.3 Å². The molecule has 0 spiro atoms. The van der Waals surface area contributed by atoms with Gasteiger partial charge in [-0.2, -0.15) is 0 Å². The molecule has 0 aromatic carbocycles. The summed E-state index contributed by atoms with van der Waals surface area (Å²) < 4.78 is 13.2. The molecule has 0 radical (unpaired) electrons. The second-order valence-electron chi connectivity index (χ2n) is 6.52. The summed E-state index contributed by atoms with van der Waals surface area (Å²) in [5.74, 6) is 0.661. The number of aromatic nitrogens is 2. The van der Waals surface area contributed by atoms with Crippen LogP contribution >= 0.6 is 0 Å². The van der Waals surface area contributed by atoms with Gasteiger partial charge in [0, 0.05) is 39.0 Å². The molecule has 4 rings (SSSR count). The van der Waals surface area contributed by atoms with Crippen LogP contribution in [-0.2, 0) is 29.7 Å². The summed E-state index contributed by atoms with van der Waals surface area (Å²) in [7, 11) is 1.99. The van der Waals surface area contributed by atoms with Crippen LogP contribution in [0.25, 0.3) is 0 Å². The lowest BCUT2D eigenvalue weighted by molar-refractivity contribution is -0.127. The molecular weight excluding hydrogens is 308 g/mol. The molecule has 0 bridgehead atoms. The maximum absolute atomic E-state index is 12.6. The van der Waals surface area contributed by atoms with Gasteiger partial charge in [0.1, 0.15) is 5.76 Å². The Morgan fingerprint density at radius 2 is 2.42 bits per heavy atom. The Labute approximate surface area is 140 Å². The highest BCUT2D eigenvalue weighted by Crippen LogP contribution is 2.34. The van der Waals surface area contributed by atoms with Gasteiger partial charge in [0.15, 0.2) is 0 Å². The van der Waals surface area contributed by atoms with E-state index in [4.69, 9.17) is 9.15 Å². The van der Waals surface area contributed by atoms with Crippen LogP contribution in [-0.4, -0.2) is 45.7 Å². The minimum Gasteiger partial charge on any atom is -0.467 e. The van der Waals surface area contributed by atoms with Crippen LogP contribution in [0, 0.1) is 5.92 Å². The summed E-state index contributed by atoms with van der Waals surface area (Å²) in [5.41, 5.74) is 1.15. The highest BCUT2D eigenvalue weighted by Gasteiger charge is 2.48. The second-order valence-corrected chi connectivity index (χ2v) is 6.52. The number of hydrogen-bond acceptors (Lipinski definition) is 5. The number of nitrogens with zero attached hydrogens (tertiary/aromatic N) is 3. The van der Waals surface area contributed by atoms with E-state index in [0.29, 0.717) is 19.1 Å². The lowest BCUT2D eigenvalue weighted by Crippen LogP contribution is -2.37. The molecular formula is C17H22N4O3. The average Bonchev–Trinajstić information content (AvgIpc) is 3.32. The maximum atomic E-state index is 12.6. The van der Waals surface area contributed by atoms with Crippen molar-refractivity contribution >= 4 is 5.91 Å². The van der Waals surface area contributed by atoms with E-state index in [2.05, 4.69) is 15.2 Å². The average molecular weight is 330 g/mol. The first-order chi connectivity index (χ1) is 11.7. The molecule has 0 unspecified atom stereocenters. The standard InChI is InChI=1S/C17H22N4O3/c1-20-11-18-7-12(20)9-21-10-14(16-15(21)4-6-24-16)17(22)19-8-13-3-2-5-23-13/h2-3,5,7,11,14-16H,4,6,8-10H2,1H3,(H,19,22)/t14-,15+,16+/m0/s1. The van der Waals surface area contributed by atoms with Crippen molar-refractivity contribution in [1.29, 1.82) is 0 Å². The minimum absolute atomic E-state index is 0.0187. The van der Waals surface area contributed by atoms with E-state index < -0.39 is 0 Å². The van der Waals surface area contributed by atoms with Gasteiger partial charge in [-0.1, -0.05) is 0 Å². The minimum atomic E-state index is -0.138. The molecule has 0 aliphatic carbocycles. The summed E-state index contributed by atoms with van der Waals surface area (Å²) in [6.45, 7) is 2.65. The van der Waals surface area contributed by atoms with Crippen molar-refractivity contribution < 1.29 is 13.9 Å². The number of imidazole rings is 1. The first-order valence-electron chi connectivity index (χ1n) is 8.33. The number of ether oxygens (including phenoxy) is 1. The number of hydrogen-bond donors (Lipinski definition) is 1. The van der Waals surface area contributed by atoms with Crippen molar-refractivity contribution in [2.24, 2.45) is 13.0 Å². The molecule has 0 saturated carbocycles. The molecule has 2 fully saturated rings. The van der Waals surface area contributed by atoms with Gasteiger partial charge in [-0.05, 0) is 18.6 Å². The summed E-state index contributed by atoms with van der Waals surface area (Å²) in [4.78, 5) is 19.2. The smallest absolute Gasteiger partial charge is 0.227 e. The molecule has 3 atom stereocenters. The van der Waals surface area contributed by atoms with Gasteiger partial charge < -0.3 is 19.0 Å². The van der Waals surface area contributed by atoms with Crippen LogP contribution in [0.5, 0.6) is 0 Å². The van der Waals surface area contributed by atoms with Crippen molar-refractivity contribution in [2.45, 2.75) is 31.7 Å². The van der Waals surface area contributed by atoms with Crippen molar-refractivity contribution in [3.63, 3.8) is 0 Å². The molecule has 24 heavy (non-hydrogen) atoms. The summed E-state index contributed by atoms with van der Waals surface area (Å²) in [6, 6.07) is 3.99. The molecule has 7 heteroatoms. The molecule has 2 aliphatic rings.